The van der Waals surface area contributed by atoms with E-state index in [2.05, 4.69) is 187 Å². The molecule has 0 aliphatic heterocycles. The number of rotatable bonds is 4. The van der Waals surface area contributed by atoms with E-state index in [1.165, 1.54) is 0 Å². The fourth-order valence-corrected chi connectivity index (χ4v) is 8.67. The van der Waals surface area contributed by atoms with E-state index in [4.69, 9.17) is 6.57 Å². The third-order valence-electron chi connectivity index (χ3n) is 10.9. The van der Waals surface area contributed by atoms with E-state index in [1.807, 2.05) is 0 Å². The van der Waals surface area contributed by atoms with E-state index in [-0.39, 0.29) is 11.5 Å². The van der Waals surface area contributed by atoms with Gasteiger partial charge in [0.05, 0.1) is 50.2 Å². The van der Waals surface area contributed by atoms with E-state index in [9.17, 15) is 5.26 Å². The highest BCUT2D eigenvalue weighted by molar-refractivity contribution is 6.13. The maximum Gasteiger partial charge on any atom is 0.271 e. The summed E-state index contributed by atoms with van der Waals surface area (Å²) >= 11 is 0. The van der Waals surface area contributed by atoms with Crippen LogP contribution in [0.25, 0.3) is 98.5 Å². The summed E-state index contributed by atoms with van der Waals surface area (Å²) < 4.78 is 7.18. The molecular formula is C49H28N6. The van der Waals surface area contributed by atoms with Crippen LogP contribution in [0, 0.1) is 17.9 Å². The van der Waals surface area contributed by atoms with Gasteiger partial charge in [-0.1, -0.05) is 116 Å². The number of hydrogen-bond donors (Lipinski definition) is 0. The lowest BCUT2D eigenvalue weighted by Gasteiger charge is -2.23. The summed E-state index contributed by atoms with van der Waals surface area (Å²) in [5.41, 5.74) is 11.2. The van der Waals surface area contributed by atoms with Crippen molar-refractivity contribution in [3.8, 4) is 34.3 Å². The zero-order chi connectivity index (χ0) is 36.6. The molecule has 7 aromatic carbocycles. The molecule has 0 spiro atoms. The molecular weight excluding hydrogens is 673 g/mol. The lowest BCUT2D eigenvalue weighted by Crippen LogP contribution is -2.10. The van der Waals surface area contributed by atoms with Crippen LogP contribution in [0.15, 0.2) is 170 Å². The Labute approximate surface area is 315 Å². The minimum Gasteiger partial charge on any atom is -0.361 e. The number of hydrogen-bond acceptors (Lipinski definition) is 2. The first-order valence-electron chi connectivity index (χ1n) is 18.2. The molecule has 0 amide bonds. The average Bonchev–Trinajstić information content (AvgIpc) is 3.89. The molecule has 0 saturated heterocycles. The van der Waals surface area contributed by atoms with Gasteiger partial charge in [0, 0.05) is 38.4 Å². The summed E-state index contributed by atoms with van der Waals surface area (Å²) in [6.45, 7) is 7.87. The van der Waals surface area contributed by atoms with Crippen LogP contribution in [-0.2, 0) is 0 Å². The van der Waals surface area contributed by atoms with Gasteiger partial charge in [-0.05, 0) is 65.7 Å². The standard InChI is InChI=1S/C49H28N6/c1-51-48-29-31(26-33(30-50)52-48)32-27-46(53-40-20-8-2-14-34(40)35-15-3-9-21-41(35)53)49(55-44-24-12-6-18-38(44)39-19-7-13-25-45(39)55)47(28-32)54-42-22-10-4-16-36(42)37-17-5-11-23-43(37)54/h2-29H. The largest absolute Gasteiger partial charge is 0.361 e. The highest BCUT2D eigenvalue weighted by Crippen LogP contribution is 2.44. The minimum atomic E-state index is 0.178. The Morgan fingerprint density at radius 1 is 0.436 bits per heavy atom. The molecule has 6 nitrogen and oxygen atoms in total. The molecule has 0 N–H and O–H groups in total. The van der Waals surface area contributed by atoms with Crippen molar-refractivity contribution in [2.75, 3.05) is 0 Å². The van der Waals surface area contributed by atoms with Crippen LogP contribution < -0.4 is 0 Å². The molecule has 11 aromatic rings. The maximum absolute atomic E-state index is 10.1. The van der Waals surface area contributed by atoms with Gasteiger partial charge in [0.25, 0.3) is 5.82 Å². The molecule has 4 heterocycles. The van der Waals surface area contributed by atoms with Crippen molar-refractivity contribution in [2.24, 2.45) is 0 Å². The molecule has 0 radical (unpaired) electrons. The van der Waals surface area contributed by atoms with Gasteiger partial charge >= 0.3 is 0 Å². The number of benzene rings is 7. The predicted molar refractivity (Wildman–Crippen MR) is 224 cm³/mol. The van der Waals surface area contributed by atoms with Gasteiger partial charge in [0.2, 0.25) is 5.69 Å². The van der Waals surface area contributed by atoms with Gasteiger partial charge in [-0.3, -0.25) is 0 Å². The maximum atomic E-state index is 10.1. The second-order valence-electron chi connectivity index (χ2n) is 13.8. The van der Waals surface area contributed by atoms with Crippen LogP contribution >= 0.6 is 0 Å². The Morgan fingerprint density at radius 3 is 1.11 bits per heavy atom. The summed E-state index contributed by atoms with van der Waals surface area (Å²) in [5.74, 6) is 0.178. The second kappa shape index (κ2) is 11.8. The summed E-state index contributed by atoms with van der Waals surface area (Å²) in [6.07, 6.45) is 0. The zero-order valence-corrected chi connectivity index (χ0v) is 29.3. The van der Waals surface area contributed by atoms with Gasteiger partial charge in [-0.25, -0.2) is 0 Å². The first kappa shape index (κ1) is 30.7. The molecule has 0 saturated carbocycles. The van der Waals surface area contributed by atoms with Gasteiger partial charge in [-0.15, -0.1) is 4.98 Å². The third-order valence-corrected chi connectivity index (χ3v) is 10.9. The fraction of sp³-hybridized carbons (Fsp3) is 0. The van der Waals surface area contributed by atoms with Gasteiger partial charge in [0.15, 0.2) is 0 Å². The molecule has 0 bridgehead atoms. The van der Waals surface area contributed by atoms with Crippen LogP contribution in [0.4, 0.5) is 5.82 Å². The first-order chi connectivity index (χ1) is 27.2. The summed E-state index contributed by atoms with van der Waals surface area (Å²) in [7, 11) is 0. The van der Waals surface area contributed by atoms with Crippen molar-refractivity contribution in [1.29, 1.82) is 5.26 Å². The number of pyridine rings is 1. The molecule has 0 unspecified atom stereocenters. The molecule has 0 aliphatic rings. The number of fused-ring (bicyclic) bond motifs is 9. The second-order valence-corrected chi connectivity index (χ2v) is 13.8. The quantitative estimate of drug-likeness (QED) is 0.172. The molecule has 55 heavy (non-hydrogen) atoms. The molecule has 6 heteroatoms. The molecule has 0 atom stereocenters. The van der Waals surface area contributed by atoms with E-state index >= 15 is 0 Å². The number of para-hydroxylation sites is 6. The Morgan fingerprint density at radius 2 is 0.764 bits per heavy atom. The third kappa shape index (κ3) is 4.43. The highest BCUT2D eigenvalue weighted by Gasteiger charge is 2.26. The highest BCUT2D eigenvalue weighted by atomic mass is 15.1. The minimum absolute atomic E-state index is 0.178. The summed E-state index contributed by atoms with van der Waals surface area (Å²) in [5, 5.41) is 17.0. The molecule has 254 valence electrons. The first-order valence-corrected chi connectivity index (χ1v) is 18.2. The van der Waals surface area contributed by atoms with Crippen LogP contribution in [-0.4, -0.2) is 18.7 Å². The normalized spacial score (nSPS) is 11.6. The van der Waals surface area contributed by atoms with Crippen molar-refractivity contribution in [2.45, 2.75) is 0 Å². The number of nitriles is 1. The molecule has 0 fully saturated rings. The lowest BCUT2D eigenvalue weighted by molar-refractivity contribution is 1.05. The van der Waals surface area contributed by atoms with Gasteiger partial charge in [-0.2, -0.15) is 5.26 Å². The molecule has 0 aliphatic carbocycles. The number of nitrogens with zero attached hydrogens (tertiary/aromatic N) is 6. The SMILES string of the molecule is [C-]#[N+]c1cc(-c2cc(-n3c4ccccc4c4ccccc43)c(-n3c4ccccc4c4ccccc43)c(-n3c4ccccc4c4ccccc43)c2)cc(C#N)n1. The van der Waals surface area contributed by atoms with Crippen LogP contribution in [0.2, 0.25) is 0 Å². The van der Waals surface area contributed by atoms with Crippen molar-refractivity contribution in [3.05, 3.63) is 187 Å². The topological polar surface area (TPSA) is 55.8 Å². The predicted octanol–water partition coefficient (Wildman–Crippen LogP) is 12.5. The zero-order valence-electron chi connectivity index (χ0n) is 29.3. The van der Waals surface area contributed by atoms with Crippen molar-refractivity contribution >= 4 is 71.2 Å². The summed E-state index contributed by atoms with van der Waals surface area (Å²) in [4.78, 5) is 7.97. The molecule has 11 rings (SSSR count). The Bertz CT molecular complexity index is 3150. The summed E-state index contributed by atoms with van der Waals surface area (Å²) in [6, 6.07) is 61.8. The monoisotopic (exact) mass is 700 g/mol. The van der Waals surface area contributed by atoms with E-state index in [0.29, 0.717) is 0 Å². The van der Waals surface area contributed by atoms with Gasteiger partial charge in [0.1, 0.15) is 6.07 Å². The Balaban J connectivity index is 1.43. The van der Waals surface area contributed by atoms with E-state index in [1.54, 1.807) is 12.1 Å². The average molecular weight is 701 g/mol. The van der Waals surface area contributed by atoms with Gasteiger partial charge < -0.3 is 18.5 Å². The van der Waals surface area contributed by atoms with Crippen LogP contribution in [0.1, 0.15) is 5.69 Å². The lowest BCUT2D eigenvalue weighted by atomic mass is 10.0. The van der Waals surface area contributed by atoms with Crippen molar-refractivity contribution in [3.63, 3.8) is 0 Å². The number of aromatic nitrogens is 4. The van der Waals surface area contributed by atoms with Crippen LogP contribution in [0.5, 0.6) is 0 Å². The van der Waals surface area contributed by atoms with E-state index in [0.717, 1.165) is 93.6 Å². The Hall–Kier alpha value is -7.93. The van der Waals surface area contributed by atoms with Crippen LogP contribution in [0.3, 0.4) is 0 Å². The van der Waals surface area contributed by atoms with E-state index < -0.39 is 0 Å². The smallest absolute Gasteiger partial charge is 0.271 e. The van der Waals surface area contributed by atoms with Crippen molar-refractivity contribution in [1.82, 2.24) is 18.7 Å². The fourth-order valence-electron chi connectivity index (χ4n) is 8.67. The van der Waals surface area contributed by atoms with Crippen molar-refractivity contribution < 1.29 is 0 Å². The Kier molecular flexibility index (Phi) is 6.58. The molecule has 4 aromatic heterocycles.